The van der Waals surface area contributed by atoms with Crippen LogP contribution in [0, 0.1) is 0 Å². The van der Waals surface area contributed by atoms with Gasteiger partial charge in [0, 0.05) is 51.9 Å². The van der Waals surface area contributed by atoms with Crippen molar-refractivity contribution in [3.8, 4) is 23.0 Å². The molecule has 2 saturated heterocycles. The number of ether oxygens (including phenoxy) is 3. The van der Waals surface area contributed by atoms with E-state index >= 15 is 0 Å². The molecule has 4 heterocycles. The number of thioether (sulfide) groups is 2. The highest BCUT2D eigenvalue weighted by Crippen LogP contribution is 2.43. The van der Waals surface area contributed by atoms with Gasteiger partial charge in [0.25, 0.3) is 5.91 Å². The Morgan fingerprint density at radius 3 is 1.95 bits per heavy atom. The fourth-order valence-corrected chi connectivity index (χ4v) is 10.2. The molecule has 3 aromatic carbocycles. The number of fused-ring (bicyclic) bond motifs is 2. The molecule has 6 bridgehead atoms. The van der Waals surface area contributed by atoms with Gasteiger partial charge in [0.15, 0.2) is 11.5 Å². The number of nitrogens with one attached hydrogen (secondary N) is 3. The van der Waals surface area contributed by atoms with E-state index in [1.807, 2.05) is 0 Å². The first kappa shape index (κ1) is 43.2. The second-order valence-electron chi connectivity index (χ2n) is 14.8. The molecule has 6 amide bonds. The maximum atomic E-state index is 14.8. The Morgan fingerprint density at radius 2 is 1.31 bits per heavy atom. The maximum Gasteiger partial charge on any atom is 0.270 e. The van der Waals surface area contributed by atoms with Gasteiger partial charge >= 0.3 is 0 Å². The van der Waals surface area contributed by atoms with Gasteiger partial charge in [-0.3, -0.25) is 28.8 Å². The van der Waals surface area contributed by atoms with E-state index in [4.69, 9.17) is 14.2 Å². The van der Waals surface area contributed by atoms with Crippen molar-refractivity contribution >= 4 is 59.0 Å². The van der Waals surface area contributed by atoms with Gasteiger partial charge in [0.05, 0.1) is 14.2 Å². The van der Waals surface area contributed by atoms with E-state index in [-0.39, 0.29) is 19.3 Å². The molecule has 17 heteroatoms. The second kappa shape index (κ2) is 18.2. The molecule has 314 valence electrons. The molecule has 1 spiro atoms. The minimum atomic E-state index is -1.52. The Morgan fingerprint density at radius 1 is 0.695 bits per heavy atom. The molecule has 0 aromatic heterocycles. The van der Waals surface area contributed by atoms with Crippen LogP contribution in [0.15, 0.2) is 66.7 Å². The zero-order valence-electron chi connectivity index (χ0n) is 34.1. The van der Waals surface area contributed by atoms with Gasteiger partial charge in [0.1, 0.15) is 41.7 Å². The lowest BCUT2D eigenvalue weighted by molar-refractivity contribution is -0.149. The molecule has 4 aliphatic rings. The predicted molar refractivity (Wildman–Crippen MR) is 224 cm³/mol. The van der Waals surface area contributed by atoms with Crippen LogP contribution in [-0.2, 0) is 48.0 Å². The average molecular weight is 847 g/mol. The number of benzene rings is 3. The van der Waals surface area contributed by atoms with Crippen LogP contribution in [-0.4, -0.2) is 131 Å². The summed E-state index contributed by atoms with van der Waals surface area (Å²) in [5.41, 5.74) is 2.04. The molecule has 2 fully saturated rings. The van der Waals surface area contributed by atoms with Crippen LogP contribution in [0.2, 0.25) is 0 Å². The van der Waals surface area contributed by atoms with Crippen molar-refractivity contribution in [2.45, 2.75) is 67.5 Å². The van der Waals surface area contributed by atoms with Crippen molar-refractivity contribution in [2.24, 2.45) is 0 Å². The smallest absolute Gasteiger partial charge is 0.270 e. The monoisotopic (exact) mass is 846 g/mol. The molecule has 0 aliphatic carbocycles. The van der Waals surface area contributed by atoms with E-state index in [2.05, 4.69) is 16.0 Å². The van der Waals surface area contributed by atoms with E-state index in [0.717, 1.165) is 5.56 Å². The lowest BCUT2D eigenvalue weighted by Gasteiger charge is -2.38. The van der Waals surface area contributed by atoms with Crippen LogP contribution in [0.3, 0.4) is 0 Å². The Balaban J connectivity index is 1.43. The summed E-state index contributed by atoms with van der Waals surface area (Å²) >= 11 is 2.46. The van der Waals surface area contributed by atoms with Crippen LogP contribution in [0.1, 0.15) is 30.5 Å². The highest BCUT2D eigenvalue weighted by atomic mass is 32.2. The first-order valence-electron chi connectivity index (χ1n) is 19.2. The Labute approximate surface area is 352 Å². The van der Waals surface area contributed by atoms with E-state index in [9.17, 15) is 28.8 Å². The topological polar surface area (TPSA) is 176 Å². The Hall–Kier alpha value is -5.42. The fraction of sp³-hybridized carbons (Fsp3) is 0.429. The first-order chi connectivity index (χ1) is 28.1. The normalized spacial score (nSPS) is 24.5. The Kier molecular flexibility index (Phi) is 13.3. The van der Waals surface area contributed by atoms with Crippen LogP contribution in [0.4, 0.5) is 0 Å². The number of carbonyl (C=O) groups excluding carboxylic acids is 6. The Bertz CT molecular complexity index is 2080. The van der Waals surface area contributed by atoms with Crippen molar-refractivity contribution < 1.29 is 43.0 Å². The molecule has 7 rings (SSSR count). The number of hydrogen-bond donors (Lipinski definition) is 3. The number of rotatable bonds is 4. The summed E-state index contributed by atoms with van der Waals surface area (Å²) in [5.74, 6) is -0.465. The number of methoxy groups -OCH3 is 2. The standard InChI is InChI=1S/C42H50N6O9S2/c1-24-36(49)45-42(58-18-19-59-42)41(54)48(5)32(20-26-8-13-29(55-6)14-9-26)38(51)44-25(2)39(52)47(4)33-21-27-10-15-30(16-11-27)57-35-23-28(12-17-34(35)56-7)22-31(37(50)43-24)46(3)40(33)53/h8-17,23-25,31-33H,18-22H2,1-7H3,(H,43,50)(H,44,51)(H,45,49)/t24-,25+,31+,32+,33+/m1/s1. The third-order valence-electron chi connectivity index (χ3n) is 10.9. The zero-order valence-corrected chi connectivity index (χ0v) is 35.7. The van der Waals surface area contributed by atoms with E-state index in [0.29, 0.717) is 45.6 Å². The molecule has 4 aliphatic heterocycles. The van der Waals surface area contributed by atoms with Crippen molar-refractivity contribution in [1.82, 2.24) is 30.7 Å². The van der Waals surface area contributed by atoms with Crippen molar-refractivity contribution in [2.75, 3.05) is 46.9 Å². The largest absolute Gasteiger partial charge is 0.497 e. The van der Waals surface area contributed by atoms with Crippen LogP contribution in [0.25, 0.3) is 0 Å². The highest BCUT2D eigenvalue weighted by molar-refractivity contribution is 8.22. The molecule has 0 radical (unpaired) electrons. The van der Waals surface area contributed by atoms with Gasteiger partial charge in [-0.2, -0.15) is 0 Å². The summed E-state index contributed by atoms with van der Waals surface area (Å²) in [6.45, 7) is 3.02. The van der Waals surface area contributed by atoms with Gasteiger partial charge in [-0.15, -0.1) is 23.5 Å². The van der Waals surface area contributed by atoms with Gasteiger partial charge < -0.3 is 44.9 Å². The summed E-state index contributed by atoms with van der Waals surface area (Å²) in [4.78, 5) is 90.3. The van der Waals surface area contributed by atoms with Crippen molar-refractivity contribution in [3.05, 3.63) is 83.4 Å². The molecule has 3 N–H and O–H groups in total. The molecule has 59 heavy (non-hydrogen) atoms. The molecular formula is C42H50N6O9S2. The average Bonchev–Trinajstić information content (AvgIpc) is 3.71. The fourth-order valence-electron chi connectivity index (χ4n) is 7.28. The molecule has 0 unspecified atom stereocenters. The van der Waals surface area contributed by atoms with Gasteiger partial charge in [-0.25, -0.2) is 0 Å². The minimum Gasteiger partial charge on any atom is -0.497 e. The maximum absolute atomic E-state index is 14.8. The molecular weight excluding hydrogens is 797 g/mol. The summed E-state index contributed by atoms with van der Waals surface area (Å²) in [6.07, 6.45) is 0.137. The predicted octanol–water partition coefficient (Wildman–Crippen LogP) is 2.59. The van der Waals surface area contributed by atoms with Gasteiger partial charge in [-0.1, -0.05) is 30.3 Å². The quantitative estimate of drug-likeness (QED) is 0.352. The van der Waals surface area contributed by atoms with Crippen molar-refractivity contribution in [1.29, 1.82) is 0 Å². The third kappa shape index (κ3) is 9.41. The number of hydrogen-bond acceptors (Lipinski definition) is 11. The minimum absolute atomic E-state index is 0.00565. The second-order valence-corrected chi connectivity index (χ2v) is 17.7. The van der Waals surface area contributed by atoms with E-state index in [1.54, 1.807) is 73.8 Å². The van der Waals surface area contributed by atoms with Crippen LogP contribution >= 0.6 is 23.5 Å². The summed E-state index contributed by atoms with van der Waals surface area (Å²) in [6, 6.07) is 13.6. The zero-order chi connectivity index (χ0) is 42.6. The molecule has 5 atom stereocenters. The van der Waals surface area contributed by atoms with Crippen LogP contribution in [0.5, 0.6) is 23.0 Å². The first-order valence-corrected chi connectivity index (χ1v) is 21.2. The lowest BCUT2D eigenvalue weighted by Crippen LogP contribution is -2.63. The van der Waals surface area contributed by atoms with Crippen LogP contribution < -0.4 is 30.2 Å². The number of likely N-dealkylation sites (N-methyl/N-ethyl adjacent to an activating group) is 3. The number of nitrogens with zero attached hydrogens (tertiary/aromatic N) is 3. The summed E-state index contributed by atoms with van der Waals surface area (Å²) in [7, 11) is 7.53. The summed E-state index contributed by atoms with van der Waals surface area (Å²) in [5, 5.41) is 8.50. The number of amides is 6. The number of carbonyl (C=O) groups is 6. The highest BCUT2D eigenvalue weighted by Gasteiger charge is 2.49. The van der Waals surface area contributed by atoms with Crippen molar-refractivity contribution in [3.63, 3.8) is 0 Å². The lowest BCUT2D eigenvalue weighted by atomic mass is 9.98. The summed E-state index contributed by atoms with van der Waals surface area (Å²) < 4.78 is 15.6. The van der Waals surface area contributed by atoms with E-state index in [1.165, 1.54) is 80.3 Å². The molecule has 15 nitrogen and oxygen atoms in total. The van der Waals surface area contributed by atoms with E-state index < -0.39 is 69.9 Å². The molecule has 0 saturated carbocycles. The third-order valence-corrected chi connectivity index (χ3v) is 14.0. The van der Waals surface area contributed by atoms with Gasteiger partial charge in [0.2, 0.25) is 33.7 Å². The van der Waals surface area contributed by atoms with Gasteiger partial charge in [-0.05, 0) is 66.9 Å². The molecule has 3 aromatic rings. The SMILES string of the molecule is COc1ccc(C[C@H]2C(=O)N[C@@H](C)C(=O)N(C)[C@H]3Cc4ccc(cc4)Oc4cc(ccc4OC)C[C@@H](C(=O)N[C@H](C)C(=O)NC4(SCCS4)C(=O)N2C)N(C)C3=O)cc1.